The van der Waals surface area contributed by atoms with Gasteiger partial charge >= 0.3 is 6.09 Å². The summed E-state index contributed by atoms with van der Waals surface area (Å²) in [6, 6.07) is 7.90. The van der Waals surface area contributed by atoms with Gasteiger partial charge in [0.1, 0.15) is 5.60 Å². The Kier molecular flexibility index (Phi) is 6.80. The second-order valence-electron chi connectivity index (χ2n) is 7.13. The average molecular weight is 359 g/mol. The lowest BCUT2D eigenvalue weighted by atomic mass is 10.1. The lowest BCUT2D eigenvalue weighted by molar-refractivity contribution is 0.0219. The Bertz CT molecular complexity index is 667. The molecule has 0 radical (unpaired) electrons. The molecule has 0 spiro atoms. The molecule has 26 heavy (non-hydrogen) atoms. The molecule has 0 fully saturated rings. The fraction of sp³-hybridized carbons (Fsp3) is 0.588. The molecular weight excluding hydrogens is 334 g/mol. The van der Waals surface area contributed by atoms with Crippen LogP contribution in [0.1, 0.15) is 31.9 Å². The van der Waals surface area contributed by atoms with Crippen LogP contribution in [0.15, 0.2) is 39.7 Å². The summed E-state index contributed by atoms with van der Waals surface area (Å²) in [6.07, 6.45) is 0.327. The van der Waals surface area contributed by atoms with Crippen molar-refractivity contribution in [2.24, 2.45) is 15.5 Å². The molecule has 1 heterocycles. The Morgan fingerprint density at radius 2 is 2.08 bits per heavy atom. The fourth-order valence-electron chi connectivity index (χ4n) is 2.45. The molecule has 0 bridgehead atoms. The summed E-state index contributed by atoms with van der Waals surface area (Å²) < 4.78 is 5.52. The number of azide groups is 1. The molecule has 1 N–H and O–H groups in total. The molecule has 140 valence electrons. The van der Waals surface area contributed by atoms with Crippen LogP contribution in [0.2, 0.25) is 0 Å². The van der Waals surface area contributed by atoms with Crippen molar-refractivity contribution < 1.29 is 9.53 Å². The highest BCUT2D eigenvalue weighted by Crippen LogP contribution is 2.15. The van der Waals surface area contributed by atoms with Crippen molar-refractivity contribution in [3.8, 4) is 0 Å². The van der Waals surface area contributed by atoms with Gasteiger partial charge in [-0.25, -0.2) is 4.79 Å². The van der Waals surface area contributed by atoms with E-state index in [1.807, 2.05) is 45.0 Å². The average Bonchev–Trinajstić information content (AvgIpc) is 3.07. The van der Waals surface area contributed by atoms with Crippen molar-refractivity contribution in [1.82, 2.24) is 10.3 Å². The zero-order valence-electron chi connectivity index (χ0n) is 15.4. The van der Waals surface area contributed by atoms with E-state index in [2.05, 4.69) is 25.8 Å². The first kappa shape index (κ1) is 19.5. The SMILES string of the molecule is CC(C)(C)OC(=O)N(Cc1ccc(CCN=[N+]=[N-])cc1)CC1CN=NN1. The van der Waals surface area contributed by atoms with E-state index in [-0.39, 0.29) is 12.1 Å². The van der Waals surface area contributed by atoms with Gasteiger partial charge in [-0.1, -0.05) is 34.6 Å². The van der Waals surface area contributed by atoms with Crippen molar-refractivity contribution >= 4 is 6.09 Å². The molecule has 0 aromatic heterocycles. The number of amides is 1. The Hall–Kier alpha value is -2.80. The van der Waals surface area contributed by atoms with Crippen LogP contribution in [0, 0.1) is 0 Å². The minimum atomic E-state index is -0.557. The maximum atomic E-state index is 12.6. The Labute approximate surface area is 153 Å². The summed E-state index contributed by atoms with van der Waals surface area (Å²) >= 11 is 0. The van der Waals surface area contributed by atoms with E-state index in [0.29, 0.717) is 32.6 Å². The van der Waals surface area contributed by atoms with Crippen LogP contribution in [-0.4, -0.2) is 42.3 Å². The zero-order chi connectivity index (χ0) is 19.0. The summed E-state index contributed by atoms with van der Waals surface area (Å²) in [5.74, 6) is 0. The molecule has 1 aliphatic heterocycles. The number of rotatable bonds is 7. The lowest BCUT2D eigenvalue weighted by Gasteiger charge is -2.29. The molecule has 1 atom stereocenters. The molecule has 1 aromatic rings. The summed E-state index contributed by atoms with van der Waals surface area (Å²) in [5.41, 5.74) is 12.7. The molecular formula is C17H25N7O2. The van der Waals surface area contributed by atoms with Gasteiger partial charge in [0, 0.05) is 24.5 Å². The third-order valence-corrected chi connectivity index (χ3v) is 3.67. The van der Waals surface area contributed by atoms with Crippen LogP contribution in [0.5, 0.6) is 0 Å². The minimum absolute atomic E-state index is 0.00867. The van der Waals surface area contributed by atoms with Crippen molar-refractivity contribution in [2.75, 3.05) is 19.6 Å². The molecule has 2 rings (SSSR count). The summed E-state index contributed by atoms with van der Waals surface area (Å²) in [7, 11) is 0. The van der Waals surface area contributed by atoms with Gasteiger partial charge in [0.15, 0.2) is 0 Å². The first-order valence-corrected chi connectivity index (χ1v) is 8.56. The van der Waals surface area contributed by atoms with Crippen LogP contribution in [0.3, 0.4) is 0 Å². The van der Waals surface area contributed by atoms with E-state index in [1.54, 1.807) is 4.90 Å². The Balaban J connectivity index is 2.02. The quantitative estimate of drug-likeness (QED) is 0.455. The molecule has 0 aliphatic carbocycles. The fourth-order valence-corrected chi connectivity index (χ4v) is 2.45. The molecule has 1 aliphatic rings. The van der Waals surface area contributed by atoms with E-state index >= 15 is 0 Å². The van der Waals surface area contributed by atoms with Crippen LogP contribution >= 0.6 is 0 Å². The standard InChI is InChI=1S/C17H25N7O2/c1-17(2,3)26-16(25)24(12-15-10-20-23-21-15)11-14-6-4-13(5-7-14)8-9-19-22-18/h4-7,15H,8-12H2,1-3H3,(H,20,21). The molecule has 0 saturated carbocycles. The van der Waals surface area contributed by atoms with Gasteiger partial charge in [0.25, 0.3) is 0 Å². The van der Waals surface area contributed by atoms with Crippen LogP contribution in [0.25, 0.3) is 10.4 Å². The third-order valence-electron chi connectivity index (χ3n) is 3.67. The highest BCUT2D eigenvalue weighted by molar-refractivity contribution is 5.68. The topological polar surface area (TPSA) is 115 Å². The summed E-state index contributed by atoms with van der Waals surface area (Å²) in [5, 5.41) is 11.2. The first-order valence-electron chi connectivity index (χ1n) is 8.56. The zero-order valence-corrected chi connectivity index (χ0v) is 15.4. The Morgan fingerprint density at radius 1 is 1.38 bits per heavy atom. The number of carbonyl (C=O) groups is 1. The number of carbonyl (C=O) groups excluding carboxylic acids is 1. The normalized spacial score (nSPS) is 15.9. The van der Waals surface area contributed by atoms with Crippen molar-refractivity contribution in [3.63, 3.8) is 0 Å². The van der Waals surface area contributed by atoms with E-state index < -0.39 is 5.60 Å². The number of ether oxygens (including phenoxy) is 1. The van der Waals surface area contributed by atoms with E-state index in [9.17, 15) is 4.79 Å². The minimum Gasteiger partial charge on any atom is -0.444 e. The third kappa shape index (κ3) is 6.60. The molecule has 1 aromatic carbocycles. The number of hydrogen-bond acceptors (Lipinski definition) is 6. The van der Waals surface area contributed by atoms with Crippen molar-refractivity contribution in [2.45, 2.75) is 45.4 Å². The Morgan fingerprint density at radius 3 is 2.65 bits per heavy atom. The molecule has 9 heteroatoms. The number of hydrogen-bond donors (Lipinski definition) is 1. The predicted octanol–water partition coefficient (Wildman–Crippen LogP) is 3.62. The van der Waals surface area contributed by atoms with Crippen LogP contribution < -0.4 is 5.43 Å². The summed E-state index contributed by atoms with van der Waals surface area (Å²) in [6.45, 7) is 7.41. The molecule has 1 amide bonds. The van der Waals surface area contributed by atoms with Gasteiger partial charge in [-0.3, -0.25) is 5.43 Å². The second kappa shape index (κ2) is 9.05. The van der Waals surface area contributed by atoms with E-state index in [1.165, 1.54) is 0 Å². The molecule has 0 saturated heterocycles. The summed E-state index contributed by atoms with van der Waals surface area (Å²) in [4.78, 5) is 17.0. The van der Waals surface area contributed by atoms with Gasteiger partial charge in [0.2, 0.25) is 0 Å². The lowest BCUT2D eigenvalue weighted by Crippen LogP contribution is -2.43. The van der Waals surface area contributed by atoms with Gasteiger partial charge in [-0.2, -0.15) is 5.11 Å². The second-order valence-corrected chi connectivity index (χ2v) is 7.13. The van der Waals surface area contributed by atoms with Gasteiger partial charge < -0.3 is 9.64 Å². The van der Waals surface area contributed by atoms with Gasteiger partial charge in [-0.05, 0) is 43.9 Å². The first-order chi connectivity index (χ1) is 12.4. The maximum Gasteiger partial charge on any atom is 0.410 e. The monoisotopic (exact) mass is 359 g/mol. The van der Waals surface area contributed by atoms with E-state index in [4.69, 9.17) is 10.3 Å². The van der Waals surface area contributed by atoms with Crippen molar-refractivity contribution in [3.05, 3.63) is 45.8 Å². The molecule has 1 unspecified atom stereocenters. The molecule has 9 nitrogen and oxygen atoms in total. The highest BCUT2D eigenvalue weighted by atomic mass is 16.6. The maximum absolute atomic E-state index is 12.6. The number of nitrogens with zero attached hydrogens (tertiary/aromatic N) is 6. The number of benzene rings is 1. The highest BCUT2D eigenvalue weighted by Gasteiger charge is 2.25. The van der Waals surface area contributed by atoms with Crippen LogP contribution in [-0.2, 0) is 17.7 Å². The number of nitrogens with one attached hydrogen (secondary N) is 1. The predicted molar refractivity (Wildman–Crippen MR) is 97.4 cm³/mol. The smallest absolute Gasteiger partial charge is 0.410 e. The largest absolute Gasteiger partial charge is 0.444 e. The van der Waals surface area contributed by atoms with Crippen molar-refractivity contribution in [1.29, 1.82) is 0 Å². The van der Waals surface area contributed by atoms with E-state index in [0.717, 1.165) is 11.1 Å². The van der Waals surface area contributed by atoms with Gasteiger partial charge in [-0.15, -0.1) is 0 Å². The van der Waals surface area contributed by atoms with Crippen LogP contribution in [0.4, 0.5) is 4.79 Å². The van der Waals surface area contributed by atoms with Gasteiger partial charge in [0.05, 0.1) is 12.6 Å².